The average Bonchev–Trinajstić information content (AvgIpc) is 2.44. The molecule has 1 heterocycles. The Balaban J connectivity index is 2.00. The number of anilines is 1. The van der Waals surface area contributed by atoms with Gasteiger partial charge in [-0.25, -0.2) is 13.8 Å². The fourth-order valence-corrected chi connectivity index (χ4v) is 2.37. The van der Waals surface area contributed by atoms with Crippen LogP contribution in [0.2, 0.25) is 0 Å². The van der Waals surface area contributed by atoms with E-state index in [4.69, 9.17) is 0 Å². The van der Waals surface area contributed by atoms with E-state index in [2.05, 4.69) is 10.3 Å². The molecule has 1 aromatic carbocycles. The van der Waals surface area contributed by atoms with Crippen LogP contribution >= 0.6 is 11.8 Å². The molecule has 0 aliphatic rings. The smallest absolute Gasteiger partial charge is 0.237 e. The Kier molecular flexibility index (Phi) is 4.90. The van der Waals surface area contributed by atoms with Crippen LogP contribution in [0.5, 0.6) is 0 Å². The first kappa shape index (κ1) is 15.4. The number of nitrogens with zero attached hydrogens (tertiary/aromatic N) is 1. The molecule has 1 unspecified atom stereocenters. The topological polar surface area (TPSA) is 42.0 Å². The number of aryl methyl sites for hydroxylation is 1. The highest BCUT2D eigenvalue weighted by Crippen LogP contribution is 2.23. The van der Waals surface area contributed by atoms with Gasteiger partial charge in [0, 0.05) is 12.3 Å². The fraction of sp³-hybridized carbons (Fsp3) is 0.200. The summed E-state index contributed by atoms with van der Waals surface area (Å²) in [6.45, 7) is 3.62. The lowest BCUT2D eigenvalue weighted by molar-refractivity contribution is -0.115. The Hall–Kier alpha value is -1.95. The van der Waals surface area contributed by atoms with Crippen molar-refractivity contribution in [2.24, 2.45) is 0 Å². The minimum atomic E-state index is -0.797. The molecule has 2 rings (SSSR count). The first-order chi connectivity index (χ1) is 9.95. The van der Waals surface area contributed by atoms with Crippen LogP contribution in [0.4, 0.5) is 14.5 Å². The molecule has 110 valence electrons. The zero-order valence-electron chi connectivity index (χ0n) is 11.6. The van der Waals surface area contributed by atoms with Gasteiger partial charge < -0.3 is 5.32 Å². The van der Waals surface area contributed by atoms with Crippen LogP contribution in [-0.4, -0.2) is 16.1 Å². The Labute approximate surface area is 125 Å². The number of hydrogen-bond donors (Lipinski definition) is 1. The summed E-state index contributed by atoms with van der Waals surface area (Å²) in [4.78, 5) is 16.2. The van der Waals surface area contributed by atoms with Crippen molar-refractivity contribution in [1.29, 1.82) is 0 Å². The predicted octanol–water partition coefficient (Wildman–Crippen LogP) is 3.79. The van der Waals surface area contributed by atoms with Gasteiger partial charge in [0.05, 0.1) is 16.0 Å². The quantitative estimate of drug-likeness (QED) is 0.874. The summed E-state index contributed by atoms with van der Waals surface area (Å²) in [5.41, 5.74) is 0.996. The molecule has 1 atom stereocenters. The second-order valence-corrected chi connectivity index (χ2v) is 5.91. The molecular formula is C15H14F2N2OS. The van der Waals surface area contributed by atoms with Crippen molar-refractivity contribution < 1.29 is 13.6 Å². The molecule has 0 saturated heterocycles. The molecule has 0 bridgehead atoms. The minimum absolute atomic E-state index is 0.0364. The lowest BCUT2D eigenvalue weighted by atomic mass is 10.3. The molecule has 1 N–H and O–H groups in total. The van der Waals surface area contributed by atoms with E-state index in [1.807, 2.05) is 19.1 Å². The Bertz CT molecular complexity index is 647. The molecule has 1 aromatic heterocycles. The summed E-state index contributed by atoms with van der Waals surface area (Å²) >= 11 is 1.27. The van der Waals surface area contributed by atoms with Crippen LogP contribution in [0.1, 0.15) is 12.5 Å². The minimum Gasteiger partial charge on any atom is -0.323 e. The molecule has 0 aliphatic carbocycles. The van der Waals surface area contributed by atoms with Crippen molar-refractivity contribution in [2.45, 2.75) is 24.1 Å². The lowest BCUT2D eigenvalue weighted by Crippen LogP contribution is -2.23. The van der Waals surface area contributed by atoms with Gasteiger partial charge in [-0.3, -0.25) is 4.79 Å². The monoisotopic (exact) mass is 308 g/mol. The average molecular weight is 308 g/mol. The molecule has 0 fully saturated rings. The van der Waals surface area contributed by atoms with Crippen molar-refractivity contribution in [3.63, 3.8) is 0 Å². The largest absolute Gasteiger partial charge is 0.323 e. The zero-order chi connectivity index (χ0) is 15.4. The fourth-order valence-electron chi connectivity index (χ4n) is 1.58. The van der Waals surface area contributed by atoms with Crippen molar-refractivity contribution in [2.75, 3.05) is 5.32 Å². The number of hydrogen-bond acceptors (Lipinski definition) is 3. The molecule has 3 nitrogen and oxygen atoms in total. The molecular weight excluding hydrogens is 294 g/mol. The normalized spacial score (nSPS) is 12.0. The van der Waals surface area contributed by atoms with Gasteiger partial charge in [0.2, 0.25) is 5.91 Å². The van der Waals surface area contributed by atoms with Crippen LogP contribution in [-0.2, 0) is 4.79 Å². The van der Waals surface area contributed by atoms with E-state index in [0.29, 0.717) is 5.03 Å². The third-order valence-corrected chi connectivity index (χ3v) is 3.79. The third kappa shape index (κ3) is 4.26. The molecule has 0 radical (unpaired) electrons. The predicted molar refractivity (Wildman–Crippen MR) is 79.3 cm³/mol. The van der Waals surface area contributed by atoms with E-state index in [1.165, 1.54) is 17.8 Å². The maximum absolute atomic E-state index is 13.5. The van der Waals surface area contributed by atoms with Gasteiger partial charge in [0.15, 0.2) is 0 Å². The first-order valence-electron chi connectivity index (χ1n) is 6.31. The van der Waals surface area contributed by atoms with E-state index in [-0.39, 0.29) is 11.6 Å². The van der Waals surface area contributed by atoms with Crippen LogP contribution < -0.4 is 5.32 Å². The number of benzene rings is 1. The lowest BCUT2D eigenvalue weighted by Gasteiger charge is -2.12. The van der Waals surface area contributed by atoms with E-state index in [1.54, 1.807) is 13.1 Å². The molecule has 0 spiro atoms. The molecule has 0 aliphatic heterocycles. The van der Waals surface area contributed by atoms with Gasteiger partial charge in [-0.15, -0.1) is 0 Å². The van der Waals surface area contributed by atoms with Crippen molar-refractivity contribution >= 4 is 23.4 Å². The van der Waals surface area contributed by atoms with E-state index in [9.17, 15) is 13.6 Å². The molecule has 0 saturated carbocycles. The van der Waals surface area contributed by atoms with Gasteiger partial charge in [0.1, 0.15) is 11.6 Å². The number of aromatic nitrogens is 1. The SMILES string of the molecule is Cc1ccc(SC(C)C(=O)Nc2ccc(F)cc2F)nc1. The van der Waals surface area contributed by atoms with Crippen LogP contribution in [0, 0.1) is 18.6 Å². The number of carbonyl (C=O) groups is 1. The zero-order valence-corrected chi connectivity index (χ0v) is 12.4. The van der Waals surface area contributed by atoms with Crippen molar-refractivity contribution in [3.8, 4) is 0 Å². The summed E-state index contributed by atoms with van der Waals surface area (Å²) in [7, 11) is 0. The summed E-state index contributed by atoms with van der Waals surface area (Å²) in [6, 6.07) is 6.75. The van der Waals surface area contributed by atoms with Crippen molar-refractivity contribution in [3.05, 3.63) is 53.7 Å². The maximum atomic E-state index is 13.5. The van der Waals surface area contributed by atoms with E-state index >= 15 is 0 Å². The van der Waals surface area contributed by atoms with Crippen LogP contribution in [0.3, 0.4) is 0 Å². The number of pyridine rings is 1. The van der Waals surface area contributed by atoms with Gasteiger partial charge in [0.25, 0.3) is 0 Å². The van der Waals surface area contributed by atoms with Gasteiger partial charge in [-0.05, 0) is 37.6 Å². The maximum Gasteiger partial charge on any atom is 0.237 e. The van der Waals surface area contributed by atoms with Gasteiger partial charge in [-0.1, -0.05) is 17.8 Å². The molecule has 2 aromatic rings. The molecule has 1 amide bonds. The number of halogens is 2. The highest BCUT2D eigenvalue weighted by molar-refractivity contribution is 8.00. The third-order valence-electron chi connectivity index (χ3n) is 2.74. The summed E-state index contributed by atoms with van der Waals surface area (Å²) in [6.07, 6.45) is 1.71. The first-order valence-corrected chi connectivity index (χ1v) is 7.19. The number of nitrogens with one attached hydrogen (secondary N) is 1. The highest BCUT2D eigenvalue weighted by atomic mass is 32.2. The Morgan fingerprint density at radius 1 is 1.29 bits per heavy atom. The van der Waals surface area contributed by atoms with Crippen molar-refractivity contribution in [1.82, 2.24) is 4.98 Å². The summed E-state index contributed by atoms with van der Waals surface area (Å²) in [5, 5.41) is 2.70. The number of thioether (sulfide) groups is 1. The van der Waals surface area contributed by atoms with E-state index < -0.39 is 16.9 Å². The number of rotatable bonds is 4. The van der Waals surface area contributed by atoms with E-state index in [0.717, 1.165) is 17.7 Å². The second kappa shape index (κ2) is 6.67. The van der Waals surface area contributed by atoms with Crippen LogP contribution in [0.15, 0.2) is 41.6 Å². The highest BCUT2D eigenvalue weighted by Gasteiger charge is 2.16. The van der Waals surface area contributed by atoms with Crippen LogP contribution in [0.25, 0.3) is 0 Å². The standard InChI is InChI=1S/C15H14F2N2OS/c1-9-3-6-14(18-8-9)21-10(2)15(20)19-13-5-4-11(16)7-12(13)17/h3-8,10H,1-2H3,(H,19,20). The van der Waals surface area contributed by atoms with Gasteiger partial charge >= 0.3 is 0 Å². The second-order valence-electron chi connectivity index (χ2n) is 4.55. The Morgan fingerprint density at radius 3 is 2.67 bits per heavy atom. The molecule has 6 heteroatoms. The summed E-state index contributed by atoms with van der Waals surface area (Å²) in [5.74, 6) is -1.85. The summed E-state index contributed by atoms with van der Waals surface area (Å²) < 4.78 is 26.3. The molecule has 21 heavy (non-hydrogen) atoms. The Morgan fingerprint density at radius 2 is 2.05 bits per heavy atom. The number of amides is 1. The van der Waals surface area contributed by atoms with Gasteiger partial charge in [-0.2, -0.15) is 0 Å². The number of carbonyl (C=O) groups excluding carboxylic acids is 1.